The molecule has 0 saturated heterocycles. The molecule has 22 heavy (non-hydrogen) atoms. The van der Waals surface area contributed by atoms with Gasteiger partial charge in [0.1, 0.15) is 5.82 Å². The Hall–Kier alpha value is -1.37. The number of benzene rings is 1. The van der Waals surface area contributed by atoms with E-state index in [1.54, 1.807) is 12.1 Å². The molecule has 2 aliphatic carbocycles. The van der Waals surface area contributed by atoms with Gasteiger partial charge < -0.3 is 0 Å². The predicted octanol–water partition coefficient (Wildman–Crippen LogP) is 6.39. The molecule has 0 bridgehead atoms. The summed E-state index contributed by atoms with van der Waals surface area (Å²) in [5.41, 5.74) is 2.62. The van der Waals surface area contributed by atoms with E-state index in [4.69, 9.17) is 0 Å². The lowest BCUT2D eigenvalue weighted by atomic mass is 9.70. The van der Waals surface area contributed by atoms with Crippen LogP contribution >= 0.6 is 0 Å². The molecular weight excluding hydrogens is 271 g/mol. The topological polar surface area (TPSA) is 0 Å². The lowest BCUT2D eigenvalue weighted by Gasteiger charge is -2.35. The normalized spacial score (nSPS) is 29.0. The maximum Gasteiger partial charge on any atom is 0.123 e. The van der Waals surface area contributed by atoms with E-state index in [-0.39, 0.29) is 5.82 Å². The van der Waals surface area contributed by atoms with Gasteiger partial charge in [-0.05, 0) is 92.4 Å². The van der Waals surface area contributed by atoms with Gasteiger partial charge in [-0.2, -0.15) is 0 Å². The third-order valence-corrected chi connectivity index (χ3v) is 5.72. The molecule has 1 aromatic carbocycles. The molecule has 1 unspecified atom stereocenters. The Bertz CT molecular complexity index is 517. The van der Waals surface area contributed by atoms with Gasteiger partial charge >= 0.3 is 0 Å². The van der Waals surface area contributed by atoms with E-state index >= 15 is 0 Å². The molecule has 118 valence electrons. The van der Waals surface area contributed by atoms with Gasteiger partial charge in [-0.15, -0.1) is 6.58 Å². The number of allylic oxidation sites excluding steroid dienone is 3. The van der Waals surface area contributed by atoms with Crippen molar-refractivity contribution in [1.29, 1.82) is 0 Å². The third-order valence-electron chi connectivity index (χ3n) is 5.72. The van der Waals surface area contributed by atoms with Gasteiger partial charge in [0.05, 0.1) is 0 Å². The molecule has 0 nitrogen and oxygen atoms in total. The minimum Gasteiger partial charge on any atom is -0.207 e. The summed E-state index contributed by atoms with van der Waals surface area (Å²) >= 11 is 0. The van der Waals surface area contributed by atoms with E-state index in [0.717, 1.165) is 24.2 Å². The molecule has 1 aromatic rings. The number of halogens is 1. The van der Waals surface area contributed by atoms with Crippen LogP contribution in [0.2, 0.25) is 0 Å². The fourth-order valence-electron chi connectivity index (χ4n) is 4.34. The molecular formula is C21H27F. The number of hydrogen-bond donors (Lipinski definition) is 0. The van der Waals surface area contributed by atoms with Crippen molar-refractivity contribution in [2.24, 2.45) is 17.8 Å². The molecule has 0 amide bonds. The SMILES string of the molecule is C=CCC1CCC(C2CC=C(c3ccc(F)cc3)CC2)CC1. The Morgan fingerprint density at radius 3 is 2.32 bits per heavy atom. The minimum absolute atomic E-state index is 0.144. The first-order valence-corrected chi connectivity index (χ1v) is 8.82. The van der Waals surface area contributed by atoms with Crippen LogP contribution in [0, 0.1) is 23.6 Å². The smallest absolute Gasteiger partial charge is 0.123 e. The summed E-state index contributed by atoms with van der Waals surface area (Å²) in [6.45, 7) is 3.87. The van der Waals surface area contributed by atoms with Crippen LogP contribution < -0.4 is 0 Å². The second-order valence-electron chi connectivity index (χ2n) is 7.08. The second-order valence-corrected chi connectivity index (χ2v) is 7.08. The largest absolute Gasteiger partial charge is 0.207 e. The maximum atomic E-state index is 13.0. The van der Waals surface area contributed by atoms with Crippen LogP contribution in [0.15, 0.2) is 43.0 Å². The molecule has 0 aliphatic heterocycles. The van der Waals surface area contributed by atoms with Crippen molar-refractivity contribution in [3.05, 3.63) is 54.4 Å². The lowest BCUT2D eigenvalue weighted by Crippen LogP contribution is -2.23. The van der Waals surface area contributed by atoms with Crippen molar-refractivity contribution in [2.45, 2.75) is 51.4 Å². The van der Waals surface area contributed by atoms with E-state index in [9.17, 15) is 4.39 Å². The molecule has 2 aliphatic rings. The van der Waals surface area contributed by atoms with Gasteiger partial charge in [0, 0.05) is 0 Å². The van der Waals surface area contributed by atoms with Crippen LogP contribution in [-0.2, 0) is 0 Å². The molecule has 0 spiro atoms. The highest BCUT2D eigenvalue weighted by molar-refractivity contribution is 5.66. The van der Waals surface area contributed by atoms with Crippen molar-refractivity contribution in [3.8, 4) is 0 Å². The Kier molecular flexibility index (Phi) is 5.12. The highest BCUT2D eigenvalue weighted by Crippen LogP contribution is 2.41. The molecule has 0 heterocycles. The number of hydrogen-bond acceptors (Lipinski definition) is 0. The quantitative estimate of drug-likeness (QED) is 0.565. The van der Waals surface area contributed by atoms with E-state index in [1.807, 2.05) is 12.1 Å². The molecule has 1 heteroatoms. The first-order valence-electron chi connectivity index (χ1n) is 8.82. The van der Waals surface area contributed by atoms with Crippen LogP contribution in [-0.4, -0.2) is 0 Å². The van der Waals surface area contributed by atoms with Gasteiger partial charge in [-0.3, -0.25) is 0 Å². The van der Waals surface area contributed by atoms with Crippen molar-refractivity contribution >= 4 is 5.57 Å². The van der Waals surface area contributed by atoms with Crippen molar-refractivity contribution in [3.63, 3.8) is 0 Å². The summed E-state index contributed by atoms with van der Waals surface area (Å²) in [6.07, 6.45) is 15.0. The minimum atomic E-state index is -0.144. The fraction of sp³-hybridized carbons (Fsp3) is 0.524. The van der Waals surface area contributed by atoms with Crippen molar-refractivity contribution in [2.75, 3.05) is 0 Å². The molecule has 1 saturated carbocycles. The zero-order valence-corrected chi connectivity index (χ0v) is 13.4. The molecule has 0 aromatic heterocycles. The zero-order valence-electron chi connectivity index (χ0n) is 13.4. The van der Waals surface area contributed by atoms with Gasteiger partial charge in [0.2, 0.25) is 0 Å². The van der Waals surface area contributed by atoms with Crippen molar-refractivity contribution < 1.29 is 4.39 Å². The maximum absolute atomic E-state index is 13.0. The fourth-order valence-corrected chi connectivity index (χ4v) is 4.34. The molecule has 1 fully saturated rings. The van der Waals surface area contributed by atoms with Gasteiger partial charge in [0.25, 0.3) is 0 Å². The van der Waals surface area contributed by atoms with E-state index in [2.05, 4.69) is 18.7 Å². The highest BCUT2D eigenvalue weighted by Gasteiger charge is 2.28. The molecule has 0 N–H and O–H groups in total. The Morgan fingerprint density at radius 2 is 1.73 bits per heavy atom. The van der Waals surface area contributed by atoms with E-state index < -0.39 is 0 Å². The Labute approximate surface area is 134 Å². The summed E-state index contributed by atoms with van der Waals surface area (Å²) in [5, 5.41) is 0. The average molecular weight is 298 g/mol. The summed E-state index contributed by atoms with van der Waals surface area (Å²) < 4.78 is 13.0. The van der Waals surface area contributed by atoms with Gasteiger partial charge in [0.15, 0.2) is 0 Å². The van der Waals surface area contributed by atoms with Crippen LogP contribution in [0.3, 0.4) is 0 Å². The first-order chi connectivity index (χ1) is 10.8. The summed E-state index contributed by atoms with van der Waals surface area (Å²) in [4.78, 5) is 0. The van der Waals surface area contributed by atoms with Gasteiger partial charge in [-0.25, -0.2) is 4.39 Å². The standard InChI is InChI=1S/C21H27F/c1-2-3-16-4-6-17(7-5-16)18-8-10-19(11-9-18)20-12-14-21(22)15-13-20/h2,10,12-18H,1,3-9,11H2. The number of rotatable bonds is 4. The molecule has 3 rings (SSSR count). The third kappa shape index (κ3) is 3.69. The summed E-state index contributed by atoms with van der Waals surface area (Å²) in [7, 11) is 0. The predicted molar refractivity (Wildman–Crippen MR) is 92.0 cm³/mol. The first kappa shape index (κ1) is 15.5. The van der Waals surface area contributed by atoms with Crippen LogP contribution in [0.25, 0.3) is 5.57 Å². The van der Waals surface area contributed by atoms with Crippen molar-refractivity contribution in [1.82, 2.24) is 0 Å². The monoisotopic (exact) mass is 298 g/mol. The summed E-state index contributed by atoms with van der Waals surface area (Å²) in [6, 6.07) is 6.98. The van der Waals surface area contributed by atoms with Crippen LogP contribution in [0.4, 0.5) is 4.39 Å². The Morgan fingerprint density at radius 1 is 1.00 bits per heavy atom. The molecule has 1 atom stereocenters. The Balaban J connectivity index is 1.55. The van der Waals surface area contributed by atoms with Gasteiger partial charge in [-0.1, -0.05) is 24.3 Å². The average Bonchev–Trinajstić information content (AvgIpc) is 2.57. The highest BCUT2D eigenvalue weighted by atomic mass is 19.1. The zero-order chi connectivity index (χ0) is 15.4. The lowest BCUT2D eigenvalue weighted by molar-refractivity contribution is 0.196. The van der Waals surface area contributed by atoms with E-state index in [1.165, 1.54) is 56.1 Å². The van der Waals surface area contributed by atoms with Crippen LogP contribution in [0.1, 0.15) is 56.9 Å². The summed E-state index contributed by atoms with van der Waals surface area (Å²) in [5.74, 6) is 2.54. The van der Waals surface area contributed by atoms with E-state index in [0.29, 0.717) is 0 Å². The van der Waals surface area contributed by atoms with Crippen LogP contribution in [0.5, 0.6) is 0 Å². The second kappa shape index (κ2) is 7.26. The molecule has 0 radical (unpaired) electrons.